The monoisotopic (exact) mass is 591 g/mol. The smallest absolute Gasteiger partial charge is 0.259 e. The number of carbonyl (C=O) groups excluding carboxylic acids is 2. The molecule has 0 bridgehead atoms. The third-order valence-corrected chi connectivity index (χ3v) is 8.96. The minimum Gasteiger partial charge on any atom is -0.496 e. The highest BCUT2D eigenvalue weighted by Crippen LogP contribution is 2.40. The van der Waals surface area contributed by atoms with Crippen LogP contribution in [0.5, 0.6) is 5.75 Å². The second-order valence-corrected chi connectivity index (χ2v) is 12.0. The first kappa shape index (κ1) is 29.8. The van der Waals surface area contributed by atoms with Crippen LogP contribution in [0.4, 0.5) is 5.69 Å². The van der Waals surface area contributed by atoms with Crippen LogP contribution in [-0.2, 0) is 6.54 Å². The molecule has 8 nitrogen and oxygen atoms in total. The number of fused-ring (bicyclic) bond motifs is 2. The number of likely N-dealkylation sites (N-methyl/N-ethyl adjacent to an activating group) is 1. The molecule has 3 aromatic carbocycles. The zero-order chi connectivity index (χ0) is 30.8. The number of hydrogen-bond donors (Lipinski definition) is 0. The Kier molecular flexibility index (Phi) is 8.66. The van der Waals surface area contributed by atoms with E-state index in [-0.39, 0.29) is 12.1 Å². The molecule has 1 unspecified atom stereocenters. The van der Waals surface area contributed by atoms with Crippen LogP contribution in [0.15, 0.2) is 78.9 Å². The van der Waals surface area contributed by atoms with Crippen molar-refractivity contribution in [2.24, 2.45) is 0 Å². The molecule has 1 fully saturated rings. The lowest BCUT2D eigenvalue weighted by molar-refractivity contribution is 0.0747. The van der Waals surface area contributed by atoms with Gasteiger partial charge in [-0.2, -0.15) is 0 Å². The van der Waals surface area contributed by atoms with E-state index in [0.717, 1.165) is 84.9 Å². The van der Waals surface area contributed by atoms with Gasteiger partial charge in [-0.05, 0) is 74.1 Å². The summed E-state index contributed by atoms with van der Waals surface area (Å²) in [6, 6.07) is 25.9. The Morgan fingerprint density at radius 2 is 1.68 bits per heavy atom. The first-order valence-electron chi connectivity index (χ1n) is 15.3. The standard InChI is InChI=1S/C36H41N5O3/c1-26-23-27(13-15-30(26)31-10-6-8-12-34(31)44-4)36(43)41-32-11-7-5-9-28(32)24-40-29(25-42)14-16-33(40)35(41)39-21-19-38(20-22-39)18-17-37(2)3/h5-16,23,25,35H,17-22,24H2,1-4H3. The number of carbonyl (C=O) groups is 2. The maximum absolute atomic E-state index is 14.8. The average molecular weight is 592 g/mol. The molecule has 1 amide bonds. The Labute approximate surface area is 260 Å². The maximum Gasteiger partial charge on any atom is 0.259 e. The van der Waals surface area contributed by atoms with Crippen molar-refractivity contribution < 1.29 is 14.3 Å². The molecule has 2 aliphatic rings. The van der Waals surface area contributed by atoms with E-state index >= 15 is 0 Å². The molecule has 1 saturated heterocycles. The number of aryl methyl sites for hydroxylation is 1. The van der Waals surface area contributed by atoms with Crippen molar-refractivity contribution in [3.8, 4) is 16.9 Å². The van der Waals surface area contributed by atoms with E-state index in [0.29, 0.717) is 17.8 Å². The lowest BCUT2D eigenvalue weighted by atomic mass is 9.97. The van der Waals surface area contributed by atoms with Crippen LogP contribution in [-0.4, -0.2) is 91.9 Å². The van der Waals surface area contributed by atoms with Crippen LogP contribution in [0, 0.1) is 6.92 Å². The number of ether oxygens (including phenoxy) is 1. The predicted molar refractivity (Wildman–Crippen MR) is 175 cm³/mol. The minimum absolute atomic E-state index is 0.0607. The van der Waals surface area contributed by atoms with Gasteiger partial charge in [0.25, 0.3) is 5.91 Å². The number of hydrogen-bond acceptors (Lipinski definition) is 6. The fourth-order valence-corrected chi connectivity index (χ4v) is 6.57. The quantitative estimate of drug-likeness (QED) is 0.264. The summed E-state index contributed by atoms with van der Waals surface area (Å²) in [5.74, 6) is 0.738. The van der Waals surface area contributed by atoms with Crippen LogP contribution in [0.3, 0.4) is 0 Å². The molecule has 1 atom stereocenters. The second-order valence-electron chi connectivity index (χ2n) is 12.0. The summed E-state index contributed by atoms with van der Waals surface area (Å²) >= 11 is 0. The number of benzene rings is 3. The fourth-order valence-electron chi connectivity index (χ4n) is 6.57. The maximum atomic E-state index is 14.8. The fraction of sp³-hybridized carbons (Fsp3) is 0.333. The molecule has 0 saturated carbocycles. The van der Waals surface area contributed by atoms with E-state index < -0.39 is 0 Å². The zero-order valence-corrected chi connectivity index (χ0v) is 26.1. The number of methoxy groups -OCH3 is 1. The van der Waals surface area contributed by atoms with Crippen LogP contribution < -0.4 is 9.64 Å². The highest BCUT2D eigenvalue weighted by atomic mass is 16.5. The molecule has 3 heterocycles. The topological polar surface area (TPSA) is 61.3 Å². The predicted octanol–water partition coefficient (Wildman–Crippen LogP) is 5.17. The number of rotatable bonds is 8. The molecule has 0 radical (unpaired) electrons. The van der Waals surface area contributed by atoms with Gasteiger partial charge in [-0.3, -0.25) is 24.3 Å². The van der Waals surface area contributed by atoms with Crippen molar-refractivity contribution in [3.05, 3.63) is 107 Å². The summed E-state index contributed by atoms with van der Waals surface area (Å²) in [5, 5.41) is 0. The SMILES string of the molecule is COc1ccccc1-c1ccc(C(=O)N2c3ccccc3Cn3c(C=O)ccc3C2N2CCN(CCN(C)C)CC2)cc1C. The van der Waals surface area contributed by atoms with Gasteiger partial charge < -0.3 is 14.2 Å². The lowest BCUT2D eigenvalue weighted by Crippen LogP contribution is -2.54. The molecule has 2 aliphatic heterocycles. The molecule has 228 valence electrons. The summed E-state index contributed by atoms with van der Waals surface area (Å²) in [4.78, 5) is 36.0. The van der Waals surface area contributed by atoms with Gasteiger partial charge in [0.2, 0.25) is 0 Å². The molecular formula is C36H41N5O3. The van der Waals surface area contributed by atoms with Crippen LogP contribution >= 0.6 is 0 Å². The Bertz CT molecular complexity index is 1650. The minimum atomic E-state index is -0.356. The Morgan fingerprint density at radius 3 is 2.41 bits per heavy atom. The Balaban J connectivity index is 1.41. The molecule has 6 rings (SSSR count). The number of nitrogens with zero attached hydrogens (tertiary/aromatic N) is 5. The van der Waals surface area contributed by atoms with Crippen molar-refractivity contribution in [2.45, 2.75) is 19.6 Å². The van der Waals surface area contributed by atoms with Crippen molar-refractivity contribution in [1.29, 1.82) is 0 Å². The van der Waals surface area contributed by atoms with Gasteiger partial charge in [-0.15, -0.1) is 0 Å². The summed E-state index contributed by atoms with van der Waals surface area (Å²) < 4.78 is 7.71. The van der Waals surface area contributed by atoms with Gasteiger partial charge in [0, 0.05) is 50.4 Å². The number of piperazine rings is 1. The van der Waals surface area contributed by atoms with Crippen molar-refractivity contribution in [2.75, 3.05) is 65.4 Å². The van der Waals surface area contributed by atoms with Gasteiger partial charge in [-0.25, -0.2) is 0 Å². The van der Waals surface area contributed by atoms with E-state index in [2.05, 4.69) is 39.4 Å². The molecule has 4 aromatic rings. The normalized spacial score (nSPS) is 17.2. The summed E-state index contributed by atoms with van der Waals surface area (Å²) in [7, 11) is 5.88. The third-order valence-electron chi connectivity index (χ3n) is 8.96. The molecule has 1 aromatic heterocycles. The molecular weight excluding hydrogens is 550 g/mol. The number of amides is 1. The van der Waals surface area contributed by atoms with Gasteiger partial charge in [0.1, 0.15) is 11.9 Å². The van der Waals surface area contributed by atoms with Gasteiger partial charge in [0.15, 0.2) is 6.29 Å². The summed E-state index contributed by atoms with van der Waals surface area (Å²) in [5.41, 5.74) is 7.13. The van der Waals surface area contributed by atoms with Crippen LogP contribution in [0.25, 0.3) is 11.1 Å². The number of para-hydroxylation sites is 2. The Morgan fingerprint density at radius 1 is 0.932 bits per heavy atom. The van der Waals surface area contributed by atoms with Crippen molar-refractivity contribution in [1.82, 2.24) is 19.3 Å². The number of anilines is 1. The lowest BCUT2D eigenvalue weighted by Gasteiger charge is -2.43. The van der Waals surface area contributed by atoms with Crippen LogP contribution in [0.1, 0.15) is 43.8 Å². The average Bonchev–Trinajstić information content (AvgIpc) is 3.38. The van der Waals surface area contributed by atoms with Crippen LogP contribution in [0.2, 0.25) is 0 Å². The molecule has 8 heteroatoms. The first-order valence-corrected chi connectivity index (χ1v) is 15.3. The molecule has 0 N–H and O–H groups in total. The second kappa shape index (κ2) is 12.8. The van der Waals surface area contributed by atoms with E-state index in [4.69, 9.17) is 4.74 Å². The summed E-state index contributed by atoms with van der Waals surface area (Å²) in [6.07, 6.45) is 0.560. The largest absolute Gasteiger partial charge is 0.496 e. The molecule has 0 aliphatic carbocycles. The number of aromatic nitrogens is 1. The highest BCUT2D eigenvalue weighted by molar-refractivity contribution is 6.07. The van der Waals surface area contributed by atoms with Crippen molar-refractivity contribution in [3.63, 3.8) is 0 Å². The third kappa shape index (κ3) is 5.68. The highest BCUT2D eigenvalue weighted by Gasteiger charge is 2.39. The van der Waals surface area contributed by atoms with Gasteiger partial charge >= 0.3 is 0 Å². The number of aldehydes is 1. The van der Waals surface area contributed by atoms with E-state index in [1.807, 2.05) is 84.6 Å². The van der Waals surface area contributed by atoms with Gasteiger partial charge in [-0.1, -0.05) is 42.5 Å². The van der Waals surface area contributed by atoms with E-state index in [1.54, 1.807) is 7.11 Å². The summed E-state index contributed by atoms with van der Waals surface area (Å²) in [6.45, 7) is 8.07. The molecule has 0 spiro atoms. The zero-order valence-electron chi connectivity index (χ0n) is 26.1. The van der Waals surface area contributed by atoms with Gasteiger partial charge in [0.05, 0.1) is 30.7 Å². The Hall–Kier alpha value is -4.24. The molecule has 44 heavy (non-hydrogen) atoms. The van der Waals surface area contributed by atoms with E-state index in [1.165, 1.54) is 0 Å². The first-order chi connectivity index (χ1) is 21.4. The van der Waals surface area contributed by atoms with Crippen molar-refractivity contribution >= 4 is 17.9 Å². The van der Waals surface area contributed by atoms with E-state index in [9.17, 15) is 9.59 Å².